The molecule has 0 unspecified atom stereocenters. The summed E-state index contributed by atoms with van der Waals surface area (Å²) in [5, 5.41) is 18.6. The zero-order valence-electron chi connectivity index (χ0n) is 14.2. The molecule has 0 amide bonds. The van der Waals surface area contributed by atoms with Gasteiger partial charge in [-0.15, -0.1) is 15.3 Å². The minimum Gasteiger partial charge on any atom is -0.372 e. The van der Waals surface area contributed by atoms with Crippen molar-refractivity contribution in [3.8, 4) is 5.95 Å². The van der Waals surface area contributed by atoms with Gasteiger partial charge in [-0.05, 0) is 36.6 Å². The molecule has 0 N–H and O–H groups in total. The third-order valence-corrected chi connectivity index (χ3v) is 5.49. The number of para-hydroxylation sites is 1. The van der Waals surface area contributed by atoms with Gasteiger partial charge in [0.15, 0.2) is 5.65 Å². The SMILES string of the molecule is COC1(c2cn(-c3nnc4c5ccccc5n5c(Cl)ncc5n34)nn2)CC1. The summed E-state index contributed by atoms with van der Waals surface area (Å²) in [6.07, 6.45) is 5.42. The zero-order valence-corrected chi connectivity index (χ0v) is 15.0. The van der Waals surface area contributed by atoms with E-state index < -0.39 is 0 Å². The van der Waals surface area contributed by atoms with Crippen LogP contribution in [-0.2, 0) is 10.3 Å². The number of hydrogen-bond donors (Lipinski definition) is 0. The first kappa shape index (κ1) is 15.1. The largest absolute Gasteiger partial charge is 0.372 e. The van der Waals surface area contributed by atoms with Gasteiger partial charge >= 0.3 is 0 Å². The Kier molecular flexibility index (Phi) is 2.80. The quantitative estimate of drug-likeness (QED) is 0.477. The number of hydrogen-bond acceptors (Lipinski definition) is 6. The highest BCUT2D eigenvalue weighted by Crippen LogP contribution is 2.47. The lowest BCUT2D eigenvalue weighted by Crippen LogP contribution is -2.09. The van der Waals surface area contributed by atoms with Crippen LogP contribution in [-0.4, -0.2) is 46.1 Å². The highest BCUT2D eigenvalue weighted by atomic mass is 35.5. The number of ether oxygens (including phenoxy) is 1. The van der Waals surface area contributed by atoms with Crippen LogP contribution in [0.1, 0.15) is 18.5 Å². The van der Waals surface area contributed by atoms with E-state index in [4.69, 9.17) is 16.3 Å². The predicted octanol–water partition coefficient (Wildman–Crippen LogP) is 2.40. The number of methoxy groups -OCH3 is 1. The van der Waals surface area contributed by atoms with Crippen molar-refractivity contribution in [3.05, 3.63) is 47.6 Å². The van der Waals surface area contributed by atoms with E-state index in [0.717, 1.165) is 35.1 Å². The van der Waals surface area contributed by atoms with Gasteiger partial charge in [0.1, 0.15) is 16.9 Å². The van der Waals surface area contributed by atoms with Crippen molar-refractivity contribution in [2.75, 3.05) is 7.11 Å². The summed E-state index contributed by atoms with van der Waals surface area (Å²) in [4.78, 5) is 4.26. The van der Waals surface area contributed by atoms with Crippen LogP contribution >= 0.6 is 11.6 Å². The number of nitrogens with zero attached hydrogens (tertiary/aromatic N) is 8. The van der Waals surface area contributed by atoms with Crippen LogP contribution in [0.15, 0.2) is 36.7 Å². The summed E-state index contributed by atoms with van der Waals surface area (Å²) in [5.74, 6) is 0.517. The predicted molar refractivity (Wildman–Crippen MR) is 97.1 cm³/mol. The molecule has 1 aromatic carbocycles. The summed E-state index contributed by atoms with van der Waals surface area (Å²) < 4.78 is 11.0. The molecular formula is C17H13ClN8O. The fourth-order valence-corrected chi connectivity index (χ4v) is 3.84. The number of halogens is 1. The topological polar surface area (TPSA) is 87.4 Å². The van der Waals surface area contributed by atoms with Crippen molar-refractivity contribution in [2.45, 2.75) is 18.4 Å². The Labute approximate surface area is 157 Å². The average molecular weight is 381 g/mol. The lowest BCUT2D eigenvalue weighted by atomic mass is 10.2. The van der Waals surface area contributed by atoms with E-state index in [2.05, 4.69) is 25.5 Å². The summed E-state index contributed by atoms with van der Waals surface area (Å²) in [5.41, 5.74) is 2.84. The second-order valence-corrected chi connectivity index (χ2v) is 6.98. The van der Waals surface area contributed by atoms with Crippen molar-refractivity contribution in [1.29, 1.82) is 0 Å². The van der Waals surface area contributed by atoms with Crippen LogP contribution in [0.2, 0.25) is 5.28 Å². The first-order chi connectivity index (χ1) is 13.2. The molecule has 5 aromatic rings. The van der Waals surface area contributed by atoms with Gasteiger partial charge in [-0.25, -0.2) is 9.38 Å². The molecule has 1 fully saturated rings. The zero-order chi connectivity index (χ0) is 18.2. The number of imidazole rings is 1. The molecule has 0 bridgehead atoms. The van der Waals surface area contributed by atoms with E-state index in [1.807, 2.05) is 39.3 Å². The van der Waals surface area contributed by atoms with E-state index in [1.54, 1.807) is 18.0 Å². The van der Waals surface area contributed by atoms with Crippen LogP contribution in [0, 0.1) is 0 Å². The maximum absolute atomic E-state index is 6.35. The maximum atomic E-state index is 6.35. The van der Waals surface area contributed by atoms with Crippen LogP contribution in [0.25, 0.3) is 28.1 Å². The third kappa shape index (κ3) is 1.89. The fourth-order valence-electron chi connectivity index (χ4n) is 3.62. The molecule has 1 aliphatic carbocycles. The van der Waals surface area contributed by atoms with Gasteiger partial charge < -0.3 is 4.74 Å². The van der Waals surface area contributed by atoms with E-state index in [0.29, 0.717) is 16.9 Å². The number of rotatable bonds is 3. The van der Waals surface area contributed by atoms with Gasteiger partial charge in [-0.3, -0.25) is 4.40 Å². The molecule has 6 rings (SSSR count). The van der Waals surface area contributed by atoms with Crippen molar-refractivity contribution in [1.82, 2.24) is 39.0 Å². The second kappa shape index (κ2) is 5.02. The number of aromatic nitrogens is 8. The minimum atomic E-state index is -0.319. The first-order valence-electron chi connectivity index (χ1n) is 8.49. The minimum absolute atomic E-state index is 0.319. The van der Waals surface area contributed by atoms with Crippen LogP contribution in [0.4, 0.5) is 0 Å². The van der Waals surface area contributed by atoms with Crippen LogP contribution in [0.3, 0.4) is 0 Å². The molecule has 0 atom stereocenters. The van der Waals surface area contributed by atoms with Crippen LogP contribution in [0.5, 0.6) is 0 Å². The molecule has 9 nitrogen and oxygen atoms in total. The molecule has 10 heteroatoms. The lowest BCUT2D eigenvalue weighted by molar-refractivity contribution is 0.0751. The normalized spacial score (nSPS) is 15.9. The highest BCUT2D eigenvalue weighted by Gasteiger charge is 2.47. The molecule has 0 spiro atoms. The Morgan fingerprint density at radius 2 is 1.96 bits per heavy atom. The maximum Gasteiger partial charge on any atom is 0.259 e. The molecule has 0 radical (unpaired) electrons. The van der Waals surface area contributed by atoms with Gasteiger partial charge in [0.05, 0.1) is 17.9 Å². The fraction of sp³-hybridized carbons (Fsp3) is 0.235. The van der Waals surface area contributed by atoms with Gasteiger partial charge in [0, 0.05) is 12.5 Å². The molecule has 4 heterocycles. The standard InChI is InChI=1S/C17H13ClN8O/c1-27-17(6-7-17)12-9-24(23-20-12)16-22-21-14-10-4-2-3-5-11(10)25-13(26(14)16)8-19-15(25)18/h2-5,8-9H,6-7H2,1H3. The Balaban J connectivity index is 1.68. The second-order valence-electron chi connectivity index (χ2n) is 6.64. The first-order valence-corrected chi connectivity index (χ1v) is 8.87. The monoisotopic (exact) mass is 380 g/mol. The summed E-state index contributed by atoms with van der Waals surface area (Å²) in [7, 11) is 1.70. The van der Waals surface area contributed by atoms with Crippen LogP contribution < -0.4 is 0 Å². The van der Waals surface area contributed by atoms with Crippen molar-refractivity contribution in [2.24, 2.45) is 0 Å². The Hall–Kier alpha value is -3.04. The Morgan fingerprint density at radius 3 is 2.78 bits per heavy atom. The molecule has 1 aliphatic rings. The van der Waals surface area contributed by atoms with E-state index >= 15 is 0 Å². The molecule has 4 aromatic heterocycles. The molecule has 134 valence electrons. The van der Waals surface area contributed by atoms with Gasteiger partial charge in [0.25, 0.3) is 5.95 Å². The number of benzene rings is 1. The number of fused-ring (bicyclic) bond motifs is 6. The molecule has 0 saturated heterocycles. The summed E-state index contributed by atoms with van der Waals surface area (Å²) >= 11 is 6.35. The highest BCUT2D eigenvalue weighted by molar-refractivity contribution is 6.29. The van der Waals surface area contributed by atoms with Crippen molar-refractivity contribution >= 4 is 33.8 Å². The van der Waals surface area contributed by atoms with E-state index in [-0.39, 0.29) is 5.60 Å². The summed E-state index contributed by atoms with van der Waals surface area (Å²) in [6, 6.07) is 7.87. The van der Waals surface area contributed by atoms with E-state index in [9.17, 15) is 0 Å². The van der Waals surface area contributed by atoms with Gasteiger partial charge in [-0.1, -0.05) is 17.3 Å². The molecular weight excluding hydrogens is 368 g/mol. The lowest BCUT2D eigenvalue weighted by Gasteiger charge is -2.08. The smallest absolute Gasteiger partial charge is 0.259 e. The van der Waals surface area contributed by atoms with E-state index in [1.165, 1.54) is 0 Å². The molecule has 27 heavy (non-hydrogen) atoms. The molecule has 1 saturated carbocycles. The Morgan fingerprint density at radius 1 is 1.11 bits per heavy atom. The van der Waals surface area contributed by atoms with Gasteiger partial charge in [-0.2, -0.15) is 4.68 Å². The van der Waals surface area contributed by atoms with Crippen molar-refractivity contribution in [3.63, 3.8) is 0 Å². The third-order valence-electron chi connectivity index (χ3n) is 5.22. The Bertz CT molecular complexity index is 1350. The summed E-state index contributed by atoms with van der Waals surface area (Å²) in [6.45, 7) is 0. The van der Waals surface area contributed by atoms with Gasteiger partial charge in [0.2, 0.25) is 5.28 Å². The average Bonchev–Trinajstić information content (AvgIpc) is 3.03. The molecule has 0 aliphatic heterocycles. The van der Waals surface area contributed by atoms with Crippen molar-refractivity contribution < 1.29 is 4.74 Å².